The van der Waals surface area contributed by atoms with Crippen molar-refractivity contribution < 1.29 is 22.8 Å². The van der Waals surface area contributed by atoms with Crippen LogP contribution in [0.15, 0.2) is 71.2 Å². The summed E-state index contributed by atoms with van der Waals surface area (Å²) in [6.45, 7) is 0.803. The van der Waals surface area contributed by atoms with Crippen LogP contribution in [-0.2, 0) is 23.9 Å². The van der Waals surface area contributed by atoms with E-state index in [1.807, 2.05) is 42.5 Å². The van der Waals surface area contributed by atoms with Crippen LogP contribution in [0.2, 0.25) is 0 Å². The molecule has 0 aliphatic carbocycles. The Labute approximate surface area is 215 Å². The highest BCUT2D eigenvalue weighted by atomic mass is 79.9. The van der Waals surface area contributed by atoms with Crippen molar-refractivity contribution in [1.82, 2.24) is 10.2 Å². The van der Waals surface area contributed by atoms with Crippen LogP contribution < -0.4 is 11.1 Å². The molecule has 0 aromatic heterocycles. The zero-order valence-corrected chi connectivity index (χ0v) is 20.9. The lowest BCUT2D eigenvalue weighted by Crippen LogP contribution is -2.44. The zero-order valence-electron chi connectivity index (χ0n) is 19.3. The lowest BCUT2D eigenvalue weighted by molar-refractivity contribution is -0.137. The summed E-state index contributed by atoms with van der Waals surface area (Å²) >= 11 is 3.50. The van der Waals surface area contributed by atoms with Gasteiger partial charge in [0.15, 0.2) is 0 Å². The summed E-state index contributed by atoms with van der Waals surface area (Å²) in [6, 6.07) is 17.7. The first-order valence-electron chi connectivity index (χ1n) is 11.5. The fourth-order valence-corrected chi connectivity index (χ4v) is 4.97. The number of carbonyl (C=O) groups excluding carboxylic acids is 2. The monoisotopic (exact) mass is 559 g/mol. The van der Waals surface area contributed by atoms with Gasteiger partial charge in [-0.2, -0.15) is 13.2 Å². The number of hydrogen-bond acceptors (Lipinski definition) is 2. The van der Waals surface area contributed by atoms with E-state index in [0.717, 1.165) is 38.9 Å². The Hall–Kier alpha value is -3.33. The van der Waals surface area contributed by atoms with Gasteiger partial charge >= 0.3 is 12.2 Å². The molecule has 36 heavy (non-hydrogen) atoms. The molecule has 0 saturated carbocycles. The van der Waals surface area contributed by atoms with Crippen molar-refractivity contribution in [2.75, 3.05) is 6.54 Å². The molecule has 0 spiro atoms. The maximum atomic E-state index is 13.2. The lowest BCUT2D eigenvalue weighted by atomic mass is 9.90. The second kappa shape index (κ2) is 10.7. The summed E-state index contributed by atoms with van der Waals surface area (Å²) in [5.74, 6) is -0.433. The number of amides is 3. The number of benzene rings is 3. The first kappa shape index (κ1) is 25.8. The Morgan fingerprint density at radius 2 is 1.75 bits per heavy atom. The summed E-state index contributed by atoms with van der Waals surface area (Å²) in [7, 11) is 0. The Morgan fingerprint density at radius 3 is 2.39 bits per heavy atom. The molecule has 3 amide bonds. The number of hydrogen-bond donors (Lipinski definition) is 2. The number of alkyl halides is 3. The van der Waals surface area contributed by atoms with Crippen LogP contribution >= 0.6 is 15.9 Å². The molecule has 5 nitrogen and oxygen atoms in total. The number of primary amides is 1. The van der Waals surface area contributed by atoms with Crippen molar-refractivity contribution >= 4 is 27.9 Å². The average Bonchev–Trinajstić information content (AvgIpc) is 2.85. The molecule has 9 heteroatoms. The molecular formula is C27H25BrF3N3O2. The van der Waals surface area contributed by atoms with Crippen LogP contribution in [0.3, 0.4) is 0 Å². The fourth-order valence-electron chi connectivity index (χ4n) is 4.47. The Bertz CT molecular complexity index is 1250. The number of nitrogens with zero attached hydrogens (tertiary/aromatic N) is 1. The second-order valence-electron chi connectivity index (χ2n) is 8.76. The molecule has 0 unspecified atom stereocenters. The molecule has 0 saturated heterocycles. The SMILES string of the molecule is NC(=O)CC[C@H](NC(=O)N1CCc2c(cc(Br)cc2-c2ccc(C(F)(F)F)cc2)C1)c1ccccc1. The van der Waals surface area contributed by atoms with E-state index in [4.69, 9.17) is 5.73 Å². The molecule has 3 N–H and O–H groups in total. The van der Waals surface area contributed by atoms with Gasteiger partial charge < -0.3 is 16.0 Å². The molecule has 1 aliphatic heterocycles. The van der Waals surface area contributed by atoms with Gasteiger partial charge in [-0.1, -0.05) is 58.4 Å². The molecule has 1 atom stereocenters. The van der Waals surface area contributed by atoms with E-state index in [2.05, 4.69) is 21.2 Å². The third kappa shape index (κ3) is 6.07. The van der Waals surface area contributed by atoms with Crippen molar-refractivity contribution in [3.8, 4) is 11.1 Å². The van der Waals surface area contributed by atoms with Crippen LogP contribution in [-0.4, -0.2) is 23.4 Å². The highest BCUT2D eigenvalue weighted by Gasteiger charge is 2.30. The van der Waals surface area contributed by atoms with Crippen molar-refractivity contribution in [2.24, 2.45) is 5.73 Å². The maximum Gasteiger partial charge on any atom is 0.416 e. The second-order valence-corrected chi connectivity index (χ2v) is 9.67. The minimum atomic E-state index is -4.39. The highest BCUT2D eigenvalue weighted by Crippen LogP contribution is 2.36. The van der Waals surface area contributed by atoms with E-state index >= 15 is 0 Å². The predicted octanol–water partition coefficient (Wildman–Crippen LogP) is 6.21. The van der Waals surface area contributed by atoms with Crippen LogP contribution in [0.4, 0.5) is 18.0 Å². The van der Waals surface area contributed by atoms with Crippen molar-refractivity contribution in [2.45, 2.75) is 38.0 Å². The van der Waals surface area contributed by atoms with E-state index in [-0.39, 0.29) is 18.5 Å². The highest BCUT2D eigenvalue weighted by molar-refractivity contribution is 9.10. The smallest absolute Gasteiger partial charge is 0.370 e. The minimum Gasteiger partial charge on any atom is -0.370 e. The first-order valence-corrected chi connectivity index (χ1v) is 12.3. The molecule has 0 fully saturated rings. The molecule has 0 radical (unpaired) electrons. The number of urea groups is 1. The van der Waals surface area contributed by atoms with Gasteiger partial charge in [0.1, 0.15) is 0 Å². The third-order valence-corrected chi connectivity index (χ3v) is 6.75. The number of nitrogens with one attached hydrogen (secondary N) is 1. The van der Waals surface area contributed by atoms with Crippen LogP contribution in [0.1, 0.15) is 41.1 Å². The van der Waals surface area contributed by atoms with Crippen molar-refractivity contribution in [3.05, 3.63) is 93.5 Å². The van der Waals surface area contributed by atoms with Crippen LogP contribution in [0, 0.1) is 0 Å². The number of nitrogens with two attached hydrogens (primary N) is 1. The summed E-state index contributed by atoms with van der Waals surface area (Å²) < 4.78 is 39.8. The maximum absolute atomic E-state index is 13.2. The average molecular weight is 560 g/mol. The van der Waals surface area contributed by atoms with E-state index < -0.39 is 17.6 Å². The van der Waals surface area contributed by atoms with Gasteiger partial charge in [-0.3, -0.25) is 4.79 Å². The topological polar surface area (TPSA) is 75.4 Å². The van der Waals surface area contributed by atoms with Crippen molar-refractivity contribution in [3.63, 3.8) is 0 Å². The summed E-state index contributed by atoms with van der Waals surface area (Å²) in [5.41, 5.74) is 8.99. The predicted molar refractivity (Wildman–Crippen MR) is 135 cm³/mol. The van der Waals surface area contributed by atoms with Crippen LogP contribution in [0.25, 0.3) is 11.1 Å². The zero-order chi connectivity index (χ0) is 25.9. The van der Waals surface area contributed by atoms with Gasteiger partial charge in [0.05, 0.1) is 11.6 Å². The normalized spacial score (nSPS) is 14.2. The third-order valence-electron chi connectivity index (χ3n) is 6.29. The van der Waals surface area contributed by atoms with Gasteiger partial charge in [-0.25, -0.2) is 4.79 Å². The molecular weight excluding hydrogens is 535 g/mol. The lowest BCUT2D eigenvalue weighted by Gasteiger charge is -2.32. The van der Waals surface area contributed by atoms with E-state index in [9.17, 15) is 22.8 Å². The first-order chi connectivity index (χ1) is 17.1. The van der Waals surface area contributed by atoms with Gasteiger partial charge in [0.2, 0.25) is 5.91 Å². The van der Waals surface area contributed by atoms with Gasteiger partial charge in [-0.15, -0.1) is 0 Å². The fraction of sp³-hybridized carbons (Fsp3) is 0.259. The number of fused-ring (bicyclic) bond motifs is 1. The summed E-state index contributed by atoms with van der Waals surface area (Å²) in [4.78, 5) is 26.2. The van der Waals surface area contributed by atoms with E-state index in [1.54, 1.807) is 4.90 Å². The van der Waals surface area contributed by atoms with Crippen LogP contribution in [0.5, 0.6) is 0 Å². The van der Waals surface area contributed by atoms with Gasteiger partial charge in [-0.05, 0) is 64.9 Å². The number of carbonyl (C=O) groups is 2. The van der Waals surface area contributed by atoms with Gasteiger partial charge in [0, 0.05) is 24.0 Å². The van der Waals surface area contributed by atoms with E-state index in [0.29, 0.717) is 31.5 Å². The molecule has 1 heterocycles. The Morgan fingerprint density at radius 1 is 1.06 bits per heavy atom. The largest absolute Gasteiger partial charge is 0.416 e. The molecule has 3 aromatic rings. The number of halogens is 4. The van der Waals surface area contributed by atoms with Gasteiger partial charge in [0.25, 0.3) is 0 Å². The summed E-state index contributed by atoms with van der Waals surface area (Å²) in [6.07, 6.45) is -3.30. The quantitative estimate of drug-likeness (QED) is 0.376. The molecule has 3 aromatic carbocycles. The van der Waals surface area contributed by atoms with Crippen molar-refractivity contribution in [1.29, 1.82) is 0 Å². The Balaban J connectivity index is 1.54. The summed E-state index contributed by atoms with van der Waals surface area (Å²) in [5, 5.41) is 3.03. The standard InChI is InChI=1S/C27H25BrF3N3O2/c28-21-14-19-16-34(26(36)33-24(10-11-25(32)35)18-4-2-1-3-5-18)13-12-22(19)23(15-21)17-6-8-20(9-7-17)27(29,30)31/h1-9,14-15,24H,10-13,16H2,(H2,32,35)(H,33,36)/t24-/m0/s1. The molecule has 188 valence electrons. The van der Waals surface area contributed by atoms with E-state index in [1.165, 1.54) is 12.1 Å². The minimum absolute atomic E-state index is 0.145. The molecule has 4 rings (SSSR count). The molecule has 1 aliphatic rings. The Kier molecular flexibility index (Phi) is 7.68. The molecule has 0 bridgehead atoms. The number of rotatable bonds is 6.